The fraction of sp³-hybridized carbons (Fsp3) is 0.571. The Morgan fingerprint density at radius 1 is 1.26 bits per heavy atom. The second kappa shape index (κ2) is 5.23. The number of nitrogens with zero attached hydrogens (tertiary/aromatic N) is 1. The number of sulfonamides is 1. The molecule has 1 aromatic carbocycles. The molecule has 0 amide bonds. The van der Waals surface area contributed by atoms with Crippen LogP contribution in [0.1, 0.15) is 31.7 Å². The maximum absolute atomic E-state index is 12.5. The van der Waals surface area contributed by atoms with Crippen LogP contribution in [0, 0.1) is 6.92 Å². The Labute approximate surface area is 115 Å². The van der Waals surface area contributed by atoms with Crippen LogP contribution in [0.15, 0.2) is 29.2 Å². The Morgan fingerprint density at radius 2 is 2.00 bits per heavy atom. The lowest BCUT2D eigenvalue weighted by Gasteiger charge is -2.22. The molecule has 1 aliphatic heterocycles. The minimum atomic E-state index is -3.44. The van der Waals surface area contributed by atoms with E-state index in [9.17, 15) is 13.5 Å². The van der Waals surface area contributed by atoms with Crippen molar-refractivity contribution in [1.29, 1.82) is 0 Å². The van der Waals surface area contributed by atoms with Crippen molar-refractivity contribution in [2.24, 2.45) is 0 Å². The molecule has 0 saturated carbocycles. The van der Waals surface area contributed by atoms with Crippen LogP contribution in [-0.2, 0) is 10.0 Å². The van der Waals surface area contributed by atoms with Crippen LogP contribution in [0.2, 0.25) is 0 Å². The van der Waals surface area contributed by atoms with Gasteiger partial charge >= 0.3 is 0 Å². The molecular weight excluding hydrogens is 262 g/mol. The zero-order chi connectivity index (χ0) is 14.1. The zero-order valence-corrected chi connectivity index (χ0v) is 12.3. The molecule has 1 N–H and O–H groups in total. The van der Waals surface area contributed by atoms with Gasteiger partial charge in [0.15, 0.2) is 0 Å². The van der Waals surface area contributed by atoms with E-state index in [1.165, 1.54) is 4.31 Å². The number of aliphatic hydroxyl groups is 1. The van der Waals surface area contributed by atoms with E-state index in [1.807, 2.05) is 13.0 Å². The lowest BCUT2D eigenvalue weighted by Crippen LogP contribution is -2.33. The third kappa shape index (κ3) is 3.35. The van der Waals surface area contributed by atoms with Crippen molar-refractivity contribution in [2.75, 3.05) is 13.1 Å². The normalized spacial score (nSPS) is 26.1. The zero-order valence-electron chi connectivity index (χ0n) is 11.5. The molecule has 1 fully saturated rings. The minimum absolute atomic E-state index is 0.342. The molecule has 0 radical (unpaired) electrons. The Kier molecular flexibility index (Phi) is 3.99. The first-order valence-electron chi connectivity index (χ1n) is 6.60. The number of hydrogen-bond acceptors (Lipinski definition) is 3. The summed E-state index contributed by atoms with van der Waals surface area (Å²) in [4.78, 5) is 0.342. The Morgan fingerprint density at radius 3 is 2.68 bits per heavy atom. The van der Waals surface area contributed by atoms with E-state index >= 15 is 0 Å². The van der Waals surface area contributed by atoms with E-state index in [4.69, 9.17) is 0 Å². The van der Waals surface area contributed by atoms with Crippen LogP contribution in [0.25, 0.3) is 0 Å². The maximum atomic E-state index is 12.5. The second-order valence-corrected chi connectivity index (χ2v) is 7.51. The molecule has 2 rings (SSSR count). The van der Waals surface area contributed by atoms with Gasteiger partial charge in [0.1, 0.15) is 0 Å². The van der Waals surface area contributed by atoms with Crippen LogP contribution >= 0.6 is 0 Å². The van der Waals surface area contributed by atoms with Crippen molar-refractivity contribution in [3.63, 3.8) is 0 Å². The molecule has 1 unspecified atom stereocenters. The summed E-state index contributed by atoms with van der Waals surface area (Å²) in [5.74, 6) is 0. The smallest absolute Gasteiger partial charge is 0.243 e. The highest BCUT2D eigenvalue weighted by Gasteiger charge is 2.31. The standard InChI is InChI=1S/C14H21NO3S/c1-12-5-3-6-13(11-12)19(17,18)15-9-4-7-14(2,16)8-10-15/h3,5-6,11,16H,4,7-10H2,1-2H3. The predicted molar refractivity (Wildman–Crippen MR) is 74.4 cm³/mol. The topological polar surface area (TPSA) is 57.6 Å². The molecule has 0 spiro atoms. The van der Waals surface area contributed by atoms with Gasteiger partial charge in [-0.2, -0.15) is 4.31 Å². The third-order valence-corrected chi connectivity index (χ3v) is 5.54. The molecule has 106 valence electrons. The molecule has 1 saturated heterocycles. The number of rotatable bonds is 2. The summed E-state index contributed by atoms with van der Waals surface area (Å²) < 4.78 is 26.6. The minimum Gasteiger partial charge on any atom is -0.390 e. The fourth-order valence-corrected chi connectivity index (χ4v) is 3.99. The van der Waals surface area contributed by atoms with Gasteiger partial charge in [0.25, 0.3) is 0 Å². The Bertz CT molecular complexity index is 552. The highest BCUT2D eigenvalue weighted by Crippen LogP contribution is 2.25. The van der Waals surface area contributed by atoms with E-state index in [1.54, 1.807) is 25.1 Å². The van der Waals surface area contributed by atoms with Crippen molar-refractivity contribution >= 4 is 10.0 Å². The molecule has 5 heteroatoms. The van der Waals surface area contributed by atoms with E-state index in [0.29, 0.717) is 37.2 Å². The summed E-state index contributed by atoms with van der Waals surface area (Å²) in [6.07, 6.45) is 1.82. The first-order valence-corrected chi connectivity index (χ1v) is 8.04. The first kappa shape index (κ1) is 14.5. The molecule has 0 bridgehead atoms. The lowest BCUT2D eigenvalue weighted by atomic mass is 9.98. The van der Waals surface area contributed by atoms with E-state index in [-0.39, 0.29) is 0 Å². The van der Waals surface area contributed by atoms with Gasteiger partial charge in [-0.15, -0.1) is 0 Å². The monoisotopic (exact) mass is 283 g/mol. The van der Waals surface area contributed by atoms with Gasteiger partial charge in [-0.3, -0.25) is 0 Å². The van der Waals surface area contributed by atoms with Gasteiger partial charge in [-0.25, -0.2) is 8.42 Å². The van der Waals surface area contributed by atoms with Gasteiger partial charge in [0.2, 0.25) is 10.0 Å². The van der Waals surface area contributed by atoms with Crippen molar-refractivity contribution in [3.05, 3.63) is 29.8 Å². The largest absolute Gasteiger partial charge is 0.390 e. The third-order valence-electron chi connectivity index (χ3n) is 3.65. The van der Waals surface area contributed by atoms with E-state index in [0.717, 1.165) is 5.56 Å². The predicted octanol–water partition coefficient (Wildman–Crippen LogP) is 1.92. The van der Waals surface area contributed by atoms with E-state index in [2.05, 4.69) is 0 Å². The summed E-state index contributed by atoms with van der Waals surface area (Å²) in [6.45, 7) is 4.51. The van der Waals surface area contributed by atoms with Gasteiger partial charge in [-0.1, -0.05) is 12.1 Å². The number of hydrogen-bond donors (Lipinski definition) is 1. The van der Waals surface area contributed by atoms with Gasteiger partial charge < -0.3 is 5.11 Å². The maximum Gasteiger partial charge on any atom is 0.243 e. The Hall–Kier alpha value is -0.910. The van der Waals surface area contributed by atoms with Crippen molar-refractivity contribution < 1.29 is 13.5 Å². The van der Waals surface area contributed by atoms with Crippen molar-refractivity contribution in [1.82, 2.24) is 4.31 Å². The quantitative estimate of drug-likeness (QED) is 0.902. The molecule has 0 aromatic heterocycles. The molecule has 1 atom stereocenters. The summed E-state index contributed by atoms with van der Waals surface area (Å²) in [7, 11) is -3.44. The van der Waals surface area contributed by atoms with Gasteiger partial charge in [-0.05, 0) is 50.8 Å². The first-order chi connectivity index (χ1) is 8.81. The molecular formula is C14H21NO3S. The van der Waals surface area contributed by atoms with Crippen LogP contribution < -0.4 is 0 Å². The summed E-state index contributed by atoms with van der Waals surface area (Å²) in [5.41, 5.74) is 0.180. The SMILES string of the molecule is Cc1cccc(S(=O)(=O)N2CCCC(C)(O)CC2)c1. The molecule has 0 aliphatic carbocycles. The van der Waals surface area contributed by atoms with Gasteiger partial charge in [0, 0.05) is 13.1 Å². The van der Waals surface area contributed by atoms with Crippen LogP contribution in [0.5, 0.6) is 0 Å². The summed E-state index contributed by atoms with van der Waals surface area (Å²) in [5, 5.41) is 10.0. The summed E-state index contributed by atoms with van der Waals surface area (Å²) >= 11 is 0. The van der Waals surface area contributed by atoms with Crippen LogP contribution in [0.3, 0.4) is 0 Å². The molecule has 1 heterocycles. The lowest BCUT2D eigenvalue weighted by molar-refractivity contribution is 0.0465. The Balaban J connectivity index is 2.25. The average molecular weight is 283 g/mol. The van der Waals surface area contributed by atoms with E-state index < -0.39 is 15.6 Å². The van der Waals surface area contributed by atoms with Crippen molar-refractivity contribution in [3.8, 4) is 0 Å². The second-order valence-electron chi connectivity index (χ2n) is 5.57. The molecule has 1 aromatic rings. The molecule has 19 heavy (non-hydrogen) atoms. The van der Waals surface area contributed by atoms with Crippen molar-refractivity contribution in [2.45, 2.75) is 43.6 Å². The number of benzene rings is 1. The highest BCUT2D eigenvalue weighted by atomic mass is 32.2. The van der Waals surface area contributed by atoms with Crippen LogP contribution in [0.4, 0.5) is 0 Å². The summed E-state index contributed by atoms with van der Waals surface area (Å²) in [6, 6.07) is 6.96. The number of aryl methyl sites for hydroxylation is 1. The van der Waals surface area contributed by atoms with Crippen LogP contribution in [-0.4, -0.2) is 36.5 Å². The van der Waals surface area contributed by atoms with Gasteiger partial charge in [0.05, 0.1) is 10.5 Å². The average Bonchev–Trinajstić information content (AvgIpc) is 2.50. The highest BCUT2D eigenvalue weighted by molar-refractivity contribution is 7.89. The fourth-order valence-electron chi connectivity index (χ4n) is 2.40. The molecule has 1 aliphatic rings. The molecule has 4 nitrogen and oxygen atoms in total.